The molecule has 0 fully saturated rings. The molecule has 0 bridgehead atoms. The highest BCUT2D eigenvalue weighted by Gasteiger charge is 2.34. The lowest BCUT2D eigenvalue weighted by atomic mass is 10.0. The number of carbonyl (C=O) groups is 1. The van der Waals surface area contributed by atoms with Crippen molar-refractivity contribution >= 4 is 21.6 Å². The number of non-ortho nitro benzene ring substituents is 1. The highest BCUT2D eigenvalue weighted by atomic mass is 32.2. The third-order valence-electron chi connectivity index (χ3n) is 5.53. The predicted octanol–water partition coefficient (Wildman–Crippen LogP) is 2.92. The quantitative estimate of drug-likeness (QED) is 0.324. The molecule has 0 spiro atoms. The third kappa shape index (κ3) is 6.03. The van der Waals surface area contributed by atoms with Gasteiger partial charge in [-0.15, -0.1) is 0 Å². The van der Waals surface area contributed by atoms with Crippen LogP contribution in [0.2, 0.25) is 0 Å². The van der Waals surface area contributed by atoms with Crippen LogP contribution in [0, 0.1) is 10.1 Å². The molecule has 0 aliphatic rings. The molecular formula is C24H26N4O5S. The van der Waals surface area contributed by atoms with Crippen LogP contribution in [0.5, 0.6) is 0 Å². The van der Waals surface area contributed by atoms with Crippen molar-refractivity contribution < 1.29 is 18.1 Å². The Balaban J connectivity index is 1.86. The van der Waals surface area contributed by atoms with E-state index < -0.39 is 21.0 Å². The van der Waals surface area contributed by atoms with Gasteiger partial charge in [0.05, 0.1) is 9.82 Å². The number of benzene rings is 2. The van der Waals surface area contributed by atoms with E-state index in [0.29, 0.717) is 13.0 Å². The molecule has 0 N–H and O–H groups in total. The molecule has 34 heavy (non-hydrogen) atoms. The Hall–Kier alpha value is -3.63. The van der Waals surface area contributed by atoms with Gasteiger partial charge in [0.15, 0.2) is 0 Å². The summed E-state index contributed by atoms with van der Waals surface area (Å²) >= 11 is 0. The third-order valence-corrected chi connectivity index (χ3v) is 7.41. The molecule has 2 aromatic carbocycles. The first-order valence-corrected chi connectivity index (χ1v) is 12.1. The number of pyridine rings is 1. The van der Waals surface area contributed by atoms with E-state index >= 15 is 0 Å². The van der Waals surface area contributed by atoms with Gasteiger partial charge < -0.3 is 4.90 Å². The Morgan fingerprint density at radius 1 is 1.00 bits per heavy atom. The van der Waals surface area contributed by atoms with Crippen molar-refractivity contribution in [2.24, 2.45) is 0 Å². The molecule has 1 heterocycles. The van der Waals surface area contributed by atoms with Gasteiger partial charge in [0.1, 0.15) is 6.04 Å². The maximum absolute atomic E-state index is 13.4. The van der Waals surface area contributed by atoms with Gasteiger partial charge in [-0.25, -0.2) is 8.42 Å². The number of hydrogen-bond acceptors (Lipinski definition) is 6. The Morgan fingerprint density at radius 2 is 1.65 bits per heavy atom. The van der Waals surface area contributed by atoms with Crippen LogP contribution in [0.1, 0.15) is 11.3 Å². The number of nitrogens with zero attached hydrogens (tertiary/aromatic N) is 4. The molecule has 0 aliphatic carbocycles. The average molecular weight is 483 g/mol. The summed E-state index contributed by atoms with van der Waals surface area (Å²) in [6, 6.07) is 18.3. The number of rotatable bonds is 10. The molecule has 0 saturated heterocycles. The number of aromatic nitrogens is 1. The summed E-state index contributed by atoms with van der Waals surface area (Å²) in [5, 5.41) is 10.9. The average Bonchev–Trinajstić information content (AvgIpc) is 2.86. The van der Waals surface area contributed by atoms with E-state index in [2.05, 4.69) is 4.98 Å². The monoisotopic (exact) mass is 482 g/mol. The van der Waals surface area contributed by atoms with E-state index in [0.717, 1.165) is 27.7 Å². The van der Waals surface area contributed by atoms with Crippen LogP contribution in [-0.4, -0.2) is 60.1 Å². The van der Waals surface area contributed by atoms with Gasteiger partial charge in [0.2, 0.25) is 15.9 Å². The second-order valence-electron chi connectivity index (χ2n) is 7.81. The van der Waals surface area contributed by atoms with E-state index in [1.807, 2.05) is 48.5 Å². The SMILES string of the molecule is CN(CCc1ccccn1)C(=O)C(Cc1ccccc1)N(C)S(=O)(=O)c1ccc([N+](=O)[O-])cc1. The van der Waals surface area contributed by atoms with Gasteiger partial charge in [-0.2, -0.15) is 4.31 Å². The molecule has 1 unspecified atom stereocenters. The molecule has 1 amide bonds. The van der Waals surface area contributed by atoms with Gasteiger partial charge in [-0.1, -0.05) is 36.4 Å². The van der Waals surface area contributed by atoms with Crippen LogP contribution in [-0.2, 0) is 27.7 Å². The van der Waals surface area contributed by atoms with Crippen molar-refractivity contribution in [1.29, 1.82) is 0 Å². The number of likely N-dealkylation sites (N-methyl/N-ethyl adjacent to an activating group) is 2. The fraction of sp³-hybridized carbons (Fsp3) is 0.250. The minimum Gasteiger partial charge on any atom is -0.344 e. The number of nitro groups is 1. The summed E-state index contributed by atoms with van der Waals surface area (Å²) in [6.07, 6.45) is 2.39. The maximum atomic E-state index is 13.4. The van der Waals surface area contributed by atoms with Crippen LogP contribution >= 0.6 is 0 Å². The molecule has 0 radical (unpaired) electrons. The number of carbonyl (C=O) groups excluding carboxylic acids is 1. The predicted molar refractivity (Wildman–Crippen MR) is 128 cm³/mol. The molecule has 10 heteroatoms. The minimum atomic E-state index is -4.10. The first-order chi connectivity index (χ1) is 16.2. The van der Waals surface area contributed by atoms with Gasteiger partial charge in [-0.05, 0) is 36.2 Å². The van der Waals surface area contributed by atoms with Gasteiger partial charge in [0, 0.05) is 51.1 Å². The van der Waals surface area contributed by atoms with Crippen LogP contribution in [0.3, 0.4) is 0 Å². The van der Waals surface area contributed by atoms with Crippen molar-refractivity contribution in [3.8, 4) is 0 Å². The standard InChI is InChI=1S/C24H26N4O5S/c1-26(17-15-20-10-6-7-16-25-20)24(29)23(18-19-8-4-3-5-9-19)27(2)34(32,33)22-13-11-21(12-14-22)28(30)31/h3-14,16,23H,15,17-18H2,1-2H3. The summed E-state index contributed by atoms with van der Waals surface area (Å²) in [7, 11) is -1.10. The fourth-order valence-corrected chi connectivity index (χ4v) is 4.79. The number of nitro benzene ring substituents is 1. The second-order valence-corrected chi connectivity index (χ2v) is 9.81. The Morgan fingerprint density at radius 3 is 2.24 bits per heavy atom. The fourth-order valence-electron chi connectivity index (χ4n) is 3.48. The van der Waals surface area contributed by atoms with Crippen molar-refractivity contribution in [2.75, 3.05) is 20.6 Å². The highest BCUT2D eigenvalue weighted by molar-refractivity contribution is 7.89. The van der Waals surface area contributed by atoms with Crippen molar-refractivity contribution in [3.63, 3.8) is 0 Å². The zero-order valence-electron chi connectivity index (χ0n) is 18.9. The van der Waals surface area contributed by atoms with Crippen LogP contribution in [0.25, 0.3) is 0 Å². The summed E-state index contributed by atoms with van der Waals surface area (Å²) in [6.45, 7) is 0.368. The Bertz CT molecular complexity index is 1220. The van der Waals surface area contributed by atoms with E-state index in [9.17, 15) is 23.3 Å². The number of amides is 1. The molecule has 178 valence electrons. The van der Waals surface area contributed by atoms with Crippen molar-refractivity contribution in [1.82, 2.24) is 14.2 Å². The molecule has 0 saturated carbocycles. The van der Waals surface area contributed by atoms with E-state index in [1.54, 1.807) is 13.2 Å². The molecule has 0 aliphatic heterocycles. The summed E-state index contributed by atoms with van der Waals surface area (Å²) in [4.78, 5) is 29.4. The molecule has 1 atom stereocenters. The normalized spacial score (nSPS) is 12.3. The zero-order chi connectivity index (χ0) is 24.7. The highest BCUT2D eigenvalue weighted by Crippen LogP contribution is 2.22. The molecular weight excluding hydrogens is 456 g/mol. The second kappa shape index (κ2) is 11.0. The first-order valence-electron chi connectivity index (χ1n) is 10.6. The van der Waals surface area contributed by atoms with Gasteiger partial charge in [0.25, 0.3) is 5.69 Å². The largest absolute Gasteiger partial charge is 0.344 e. The lowest BCUT2D eigenvalue weighted by Crippen LogP contribution is -2.49. The van der Waals surface area contributed by atoms with E-state index in [-0.39, 0.29) is 22.9 Å². The summed E-state index contributed by atoms with van der Waals surface area (Å²) in [5.41, 5.74) is 1.42. The lowest BCUT2D eigenvalue weighted by Gasteiger charge is -2.30. The lowest BCUT2D eigenvalue weighted by molar-refractivity contribution is -0.384. The molecule has 3 rings (SSSR count). The molecule has 9 nitrogen and oxygen atoms in total. The first kappa shape index (κ1) is 25.0. The van der Waals surface area contributed by atoms with Gasteiger partial charge in [-0.3, -0.25) is 19.9 Å². The minimum absolute atomic E-state index is 0.123. The Labute approximate surface area is 198 Å². The topological polar surface area (TPSA) is 114 Å². The summed E-state index contributed by atoms with van der Waals surface area (Å²) in [5.74, 6) is -0.354. The molecule has 3 aromatic rings. The molecule has 1 aromatic heterocycles. The van der Waals surface area contributed by atoms with E-state index in [4.69, 9.17) is 0 Å². The van der Waals surface area contributed by atoms with Crippen LogP contribution in [0.4, 0.5) is 5.69 Å². The zero-order valence-corrected chi connectivity index (χ0v) is 19.8. The maximum Gasteiger partial charge on any atom is 0.269 e. The van der Waals surface area contributed by atoms with Crippen LogP contribution in [0.15, 0.2) is 83.9 Å². The van der Waals surface area contributed by atoms with Gasteiger partial charge >= 0.3 is 0 Å². The smallest absolute Gasteiger partial charge is 0.269 e. The number of sulfonamides is 1. The number of hydrogen-bond donors (Lipinski definition) is 0. The van der Waals surface area contributed by atoms with Crippen LogP contribution < -0.4 is 0 Å². The van der Waals surface area contributed by atoms with Crippen molar-refractivity contribution in [3.05, 3.63) is 100 Å². The Kier molecular flexibility index (Phi) is 8.08. The van der Waals surface area contributed by atoms with Crippen molar-refractivity contribution in [2.45, 2.75) is 23.8 Å². The summed E-state index contributed by atoms with van der Waals surface area (Å²) < 4.78 is 27.7. The van der Waals surface area contributed by atoms with E-state index in [1.165, 1.54) is 24.1 Å².